The Balaban J connectivity index is 1.24. The second kappa shape index (κ2) is 10.8. The summed E-state index contributed by atoms with van der Waals surface area (Å²) < 4.78 is 2.77. The zero-order valence-corrected chi connectivity index (χ0v) is 20.2. The van der Waals surface area contributed by atoms with E-state index in [2.05, 4.69) is 40.5 Å². The number of aromatic amines is 2. The lowest BCUT2D eigenvalue weighted by molar-refractivity contribution is -0.130. The highest BCUT2D eigenvalue weighted by molar-refractivity contribution is 5.80. The summed E-state index contributed by atoms with van der Waals surface area (Å²) in [5.41, 5.74) is 10.6. The molecule has 3 amide bonds. The Morgan fingerprint density at radius 3 is 1.66 bits per heavy atom. The Labute approximate surface area is 212 Å². The number of imidazole rings is 2. The van der Waals surface area contributed by atoms with Crippen LogP contribution in [0.5, 0.6) is 0 Å². The number of fused-ring (bicyclic) bond motifs is 2. The number of nitrogens with two attached hydrogens (primary N) is 2. The molecule has 0 unspecified atom stereocenters. The molecule has 0 aliphatic rings. The topological polar surface area (TPSA) is 258 Å². The number of nitrogens with zero attached hydrogens (tertiary/aromatic N) is 7. The van der Waals surface area contributed by atoms with E-state index in [0.717, 1.165) is 0 Å². The van der Waals surface area contributed by atoms with Crippen molar-refractivity contribution in [2.24, 2.45) is 0 Å². The van der Waals surface area contributed by atoms with Crippen LogP contribution in [-0.2, 0) is 27.5 Å². The SMILES string of the molecule is CC(=O)N(CCNC(=O)Cn1cnc2c(=O)[nH]c(N)nc21)CCNC(=O)Cn1cnc2c(=O)[nH]c(N)nc21. The zero-order valence-electron chi connectivity index (χ0n) is 20.2. The Hall–Kier alpha value is -5.29. The highest BCUT2D eigenvalue weighted by atomic mass is 16.2. The van der Waals surface area contributed by atoms with Crippen molar-refractivity contribution in [1.82, 2.24) is 54.6 Å². The fourth-order valence-corrected chi connectivity index (χ4v) is 3.68. The lowest BCUT2D eigenvalue weighted by Crippen LogP contribution is -2.42. The average molecular weight is 528 g/mol. The molecule has 200 valence electrons. The smallest absolute Gasteiger partial charge is 0.280 e. The maximum absolute atomic E-state index is 12.4. The summed E-state index contributed by atoms with van der Waals surface area (Å²) in [7, 11) is 0. The summed E-state index contributed by atoms with van der Waals surface area (Å²) in [5, 5.41) is 5.37. The van der Waals surface area contributed by atoms with Crippen LogP contribution in [0.1, 0.15) is 6.92 Å². The van der Waals surface area contributed by atoms with Crippen molar-refractivity contribution in [1.29, 1.82) is 0 Å². The van der Waals surface area contributed by atoms with Crippen LogP contribution in [-0.4, -0.2) is 87.8 Å². The molecule has 0 atom stereocenters. The van der Waals surface area contributed by atoms with Gasteiger partial charge in [0.1, 0.15) is 13.1 Å². The van der Waals surface area contributed by atoms with E-state index >= 15 is 0 Å². The number of nitrogen functional groups attached to an aromatic ring is 2. The normalized spacial score (nSPS) is 11.1. The third-order valence-corrected chi connectivity index (χ3v) is 5.47. The predicted octanol–water partition coefficient (Wildman–Crippen LogP) is -3.50. The Morgan fingerprint density at radius 1 is 0.842 bits per heavy atom. The molecule has 18 heteroatoms. The molecule has 0 saturated heterocycles. The molecule has 4 aromatic heterocycles. The second-order valence-corrected chi connectivity index (χ2v) is 8.20. The quantitative estimate of drug-likeness (QED) is 0.118. The average Bonchev–Trinajstić information content (AvgIpc) is 3.42. The molecular formula is C20H25N13O5. The Kier molecular flexibility index (Phi) is 7.31. The van der Waals surface area contributed by atoms with Gasteiger partial charge in [0.05, 0.1) is 12.7 Å². The molecule has 4 heterocycles. The van der Waals surface area contributed by atoms with Gasteiger partial charge in [-0.1, -0.05) is 0 Å². The van der Waals surface area contributed by atoms with E-state index in [9.17, 15) is 24.0 Å². The second-order valence-electron chi connectivity index (χ2n) is 8.20. The molecule has 0 fully saturated rings. The third kappa shape index (κ3) is 5.74. The maximum Gasteiger partial charge on any atom is 0.280 e. The molecule has 0 radical (unpaired) electrons. The van der Waals surface area contributed by atoms with Gasteiger partial charge in [0.25, 0.3) is 11.1 Å². The summed E-state index contributed by atoms with van der Waals surface area (Å²) in [5.74, 6) is -1.20. The first-order valence-corrected chi connectivity index (χ1v) is 11.3. The predicted molar refractivity (Wildman–Crippen MR) is 133 cm³/mol. The molecule has 0 aliphatic carbocycles. The van der Waals surface area contributed by atoms with Crippen molar-refractivity contribution in [3.63, 3.8) is 0 Å². The number of hydrogen-bond donors (Lipinski definition) is 6. The van der Waals surface area contributed by atoms with Gasteiger partial charge in [-0.05, 0) is 0 Å². The molecular weight excluding hydrogens is 502 g/mol. The number of hydrogen-bond acceptors (Lipinski definition) is 11. The van der Waals surface area contributed by atoms with Crippen LogP contribution in [0.15, 0.2) is 22.2 Å². The minimum atomic E-state index is -0.508. The number of anilines is 2. The van der Waals surface area contributed by atoms with Crippen molar-refractivity contribution in [2.75, 3.05) is 37.6 Å². The van der Waals surface area contributed by atoms with Crippen molar-refractivity contribution in [3.8, 4) is 0 Å². The molecule has 4 aromatic rings. The minimum absolute atomic E-state index is 0.0621. The third-order valence-electron chi connectivity index (χ3n) is 5.47. The van der Waals surface area contributed by atoms with Gasteiger partial charge in [0, 0.05) is 33.1 Å². The van der Waals surface area contributed by atoms with Crippen LogP contribution in [0.25, 0.3) is 22.3 Å². The lowest BCUT2D eigenvalue weighted by atomic mass is 10.4. The summed E-state index contributed by atoms with van der Waals surface area (Å²) in [6.45, 7) is 1.76. The van der Waals surface area contributed by atoms with Crippen LogP contribution in [0.4, 0.5) is 11.9 Å². The van der Waals surface area contributed by atoms with Gasteiger partial charge >= 0.3 is 0 Å². The van der Waals surface area contributed by atoms with Crippen molar-refractivity contribution < 1.29 is 14.4 Å². The molecule has 18 nitrogen and oxygen atoms in total. The summed E-state index contributed by atoms with van der Waals surface area (Å²) in [6, 6.07) is 0. The van der Waals surface area contributed by atoms with Gasteiger partial charge in [0.15, 0.2) is 22.3 Å². The maximum atomic E-state index is 12.4. The fraction of sp³-hybridized carbons (Fsp3) is 0.350. The van der Waals surface area contributed by atoms with E-state index in [1.807, 2.05) is 0 Å². The van der Waals surface area contributed by atoms with Crippen LogP contribution >= 0.6 is 0 Å². The summed E-state index contributed by atoms with van der Waals surface area (Å²) in [4.78, 5) is 82.4. The van der Waals surface area contributed by atoms with E-state index in [1.54, 1.807) is 0 Å². The van der Waals surface area contributed by atoms with E-state index in [4.69, 9.17) is 11.5 Å². The molecule has 0 saturated carbocycles. The molecule has 4 rings (SSSR count). The van der Waals surface area contributed by atoms with Gasteiger partial charge in [0.2, 0.25) is 29.6 Å². The van der Waals surface area contributed by atoms with Crippen LogP contribution in [0, 0.1) is 0 Å². The molecule has 0 aliphatic heterocycles. The molecule has 8 N–H and O–H groups in total. The molecule has 0 spiro atoms. The molecule has 0 aromatic carbocycles. The first-order chi connectivity index (χ1) is 18.1. The molecule has 38 heavy (non-hydrogen) atoms. The van der Waals surface area contributed by atoms with Gasteiger partial charge in [-0.15, -0.1) is 0 Å². The van der Waals surface area contributed by atoms with Gasteiger partial charge in [-0.25, -0.2) is 9.97 Å². The first-order valence-electron chi connectivity index (χ1n) is 11.3. The van der Waals surface area contributed by atoms with E-state index in [-0.39, 0.29) is 91.2 Å². The Bertz CT molecular complexity index is 1520. The standard InChI is InChI=1S/C20H25N13O5/c1-10(34)31(4-2-23-11(35)6-32-8-25-13-15(32)27-19(21)29-17(13)37)5-3-24-12(36)7-33-9-26-14-16(33)28-20(22)30-18(14)38/h8-9H,2-7H2,1H3,(H,23,35)(H,24,36)(H3,21,27,29,37)(H3,22,28,30,38). The lowest BCUT2D eigenvalue weighted by Gasteiger charge is -2.21. The molecule has 0 bridgehead atoms. The van der Waals surface area contributed by atoms with Crippen LogP contribution < -0.4 is 33.2 Å². The van der Waals surface area contributed by atoms with E-state index in [0.29, 0.717) is 0 Å². The number of carbonyl (C=O) groups is 3. The van der Waals surface area contributed by atoms with Crippen molar-refractivity contribution >= 4 is 51.9 Å². The zero-order chi connectivity index (χ0) is 27.4. The highest BCUT2D eigenvalue weighted by Gasteiger charge is 2.15. The Morgan fingerprint density at radius 2 is 1.26 bits per heavy atom. The number of aromatic nitrogens is 8. The van der Waals surface area contributed by atoms with Crippen molar-refractivity contribution in [2.45, 2.75) is 20.0 Å². The van der Waals surface area contributed by atoms with Gasteiger partial charge in [-0.2, -0.15) is 9.97 Å². The van der Waals surface area contributed by atoms with Gasteiger partial charge in [-0.3, -0.25) is 33.9 Å². The summed E-state index contributed by atoms with van der Waals surface area (Å²) in [6.07, 6.45) is 2.62. The van der Waals surface area contributed by atoms with E-state index in [1.165, 1.54) is 33.6 Å². The van der Waals surface area contributed by atoms with Crippen LogP contribution in [0.3, 0.4) is 0 Å². The van der Waals surface area contributed by atoms with Crippen LogP contribution in [0.2, 0.25) is 0 Å². The number of rotatable bonds is 10. The monoisotopic (exact) mass is 527 g/mol. The minimum Gasteiger partial charge on any atom is -0.369 e. The fourth-order valence-electron chi connectivity index (χ4n) is 3.68. The number of nitrogens with one attached hydrogen (secondary N) is 4. The van der Waals surface area contributed by atoms with Crippen molar-refractivity contribution in [3.05, 3.63) is 33.4 Å². The number of H-pyrrole nitrogens is 2. The number of carbonyl (C=O) groups excluding carboxylic acids is 3. The summed E-state index contributed by atoms with van der Waals surface area (Å²) >= 11 is 0. The van der Waals surface area contributed by atoms with E-state index < -0.39 is 11.1 Å². The van der Waals surface area contributed by atoms with Gasteiger partial charge < -0.3 is 36.1 Å². The largest absolute Gasteiger partial charge is 0.369 e. The highest BCUT2D eigenvalue weighted by Crippen LogP contribution is 2.07. The first kappa shape index (κ1) is 25.8. The number of amides is 3.